The summed E-state index contributed by atoms with van der Waals surface area (Å²) in [6.45, 7) is 1.80. The molecule has 9 nitrogen and oxygen atoms in total. The highest BCUT2D eigenvalue weighted by molar-refractivity contribution is 5.98. The van der Waals surface area contributed by atoms with E-state index >= 15 is 0 Å². The molecule has 0 spiro atoms. The normalized spacial score (nSPS) is 14.5. The number of nitro benzene ring substituents is 1. The van der Waals surface area contributed by atoms with Crippen LogP contribution >= 0.6 is 0 Å². The van der Waals surface area contributed by atoms with Crippen molar-refractivity contribution in [1.29, 1.82) is 5.26 Å². The number of hydrogen-bond donors (Lipinski definition) is 0. The van der Waals surface area contributed by atoms with Gasteiger partial charge in [-0.25, -0.2) is 9.80 Å². The quantitative estimate of drug-likeness (QED) is 0.192. The van der Waals surface area contributed by atoms with Crippen LogP contribution in [0.25, 0.3) is 0 Å². The van der Waals surface area contributed by atoms with E-state index < -0.39 is 10.9 Å². The summed E-state index contributed by atoms with van der Waals surface area (Å²) in [6, 6.07) is 15.1. The van der Waals surface area contributed by atoms with Crippen molar-refractivity contribution in [2.45, 2.75) is 6.92 Å². The monoisotopic (exact) mass is 391 g/mol. The van der Waals surface area contributed by atoms with E-state index in [4.69, 9.17) is 4.74 Å². The number of nitro groups is 1. The summed E-state index contributed by atoms with van der Waals surface area (Å²) in [5.41, 5.74) is 1.87. The Labute approximate surface area is 166 Å². The molecule has 1 aliphatic rings. The molecule has 146 valence electrons. The first-order valence-corrected chi connectivity index (χ1v) is 8.70. The van der Waals surface area contributed by atoms with Crippen molar-refractivity contribution in [3.63, 3.8) is 0 Å². The molecule has 29 heavy (non-hydrogen) atoms. The molecular weight excluding hydrogens is 374 g/mol. The average Bonchev–Trinajstić information content (AvgIpc) is 3.00. The molecule has 9 heteroatoms. The molecule has 0 N–H and O–H groups in total. The Bertz CT molecular complexity index is 1050. The Kier molecular flexibility index (Phi) is 5.55. The SMILES string of the molecule is CCOC(=O)/C(C#N)=C1/N(C)c2ccccc2N1N=Cc1ccc([N+](=O)[O-])cc1. The summed E-state index contributed by atoms with van der Waals surface area (Å²) >= 11 is 0. The molecule has 1 heterocycles. The smallest absolute Gasteiger partial charge is 0.352 e. The number of nitrogens with zero attached hydrogens (tertiary/aromatic N) is 5. The zero-order chi connectivity index (χ0) is 21.0. The maximum absolute atomic E-state index is 12.3. The van der Waals surface area contributed by atoms with Gasteiger partial charge in [0.2, 0.25) is 0 Å². The Morgan fingerprint density at radius 1 is 1.24 bits per heavy atom. The lowest BCUT2D eigenvalue weighted by atomic mass is 10.2. The maximum Gasteiger partial charge on any atom is 0.352 e. The van der Waals surface area contributed by atoms with Gasteiger partial charge in [-0.15, -0.1) is 0 Å². The Morgan fingerprint density at radius 2 is 1.90 bits per heavy atom. The van der Waals surface area contributed by atoms with E-state index in [1.165, 1.54) is 23.4 Å². The standard InChI is InChI=1S/C20H17N5O4/c1-3-29-20(26)16(12-21)19-23(2)17-6-4-5-7-18(17)24(19)22-13-14-8-10-15(11-9-14)25(27)28/h4-11,13H,3H2,1-2H3/b19-16-,22-13?. The topological polar surface area (TPSA) is 112 Å². The summed E-state index contributed by atoms with van der Waals surface area (Å²) in [7, 11) is 1.73. The molecule has 0 atom stereocenters. The van der Waals surface area contributed by atoms with Crippen molar-refractivity contribution in [2.24, 2.45) is 5.10 Å². The van der Waals surface area contributed by atoms with Gasteiger partial charge >= 0.3 is 5.97 Å². The molecule has 0 saturated heterocycles. The van der Waals surface area contributed by atoms with Crippen LogP contribution < -0.4 is 9.91 Å². The average molecular weight is 391 g/mol. The highest BCUT2D eigenvalue weighted by Crippen LogP contribution is 2.41. The molecule has 2 aromatic carbocycles. The summed E-state index contributed by atoms with van der Waals surface area (Å²) in [6.07, 6.45) is 1.50. The molecule has 2 aromatic rings. The van der Waals surface area contributed by atoms with E-state index in [0.29, 0.717) is 11.3 Å². The van der Waals surface area contributed by atoms with Crippen molar-refractivity contribution >= 4 is 29.2 Å². The van der Waals surface area contributed by atoms with Gasteiger partial charge in [0, 0.05) is 19.2 Å². The summed E-state index contributed by atoms with van der Waals surface area (Å²) in [5.74, 6) is -0.467. The predicted octanol–water partition coefficient (Wildman–Crippen LogP) is 3.18. The number of benzene rings is 2. The predicted molar refractivity (Wildman–Crippen MR) is 107 cm³/mol. The van der Waals surface area contributed by atoms with Gasteiger partial charge in [0.15, 0.2) is 11.4 Å². The van der Waals surface area contributed by atoms with Crippen molar-refractivity contribution in [3.8, 4) is 6.07 Å². The minimum absolute atomic E-state index is 0.0249. The lowest BCUT2D eigenvalue weighted by Gasteiger charge is -2.19. The molecular formula is C20H17N5O4. The number of ether oxygens (including phenoxy) is 1. The van der Waals surface area contributed by atoms with Crippen LogP contribution in [0, 0.1) is 21.4 Å². The number of carbonyl (C=O) groups is 1. The third-order valence-electron chi connectivity index (χ3n) is 4.23. The Morgan fingerprint density at radius 3 is 2.48 bits per heavy atom. The highest BCUT2D eigenvalue weighted by atomic mass is 16.6. The molecule has 0 unspecified atom stereocenters. The fraction of sp³-hybridized carbons (Fsp3) is 0.150. The first-order chi connectivity index (χ1) is 14.0. The van der Waals surface area contributed by atoms with Crippen LogP contribution in [-0.4, -0.2) is 30.8 Å². The van der Waals surface area contributed by atoms with E-state index in [-0.39, 0.29) is 23.7 Å². The Balaban J connectivity index is 2.06. The van der Waals surface area contributed by atoms with E-state index in [9.17, 15) is 20.2 Å². The van der Waals surface area contributed by atoms with E-state index in [0.717, 1.165) is 5.69 Å². The number of esters is 1. The van der Waals surface area contributed by atoms with Crippen LogP contribution in [-0.2, 0) is 9.53 Å². The Hall–Kier alpha value is -4.19. The molecule has 1 aliphatic heterocycles. The fourth-order valence-corrected chi connectivity index (χ4v) is 2.88. The second kappa shape index (κ2) is 8.22. The fourth-order valence-electron chi connectivity index (χ4n) is 2.88. The molecule has 0 fully saturated rings. The third-order valence-corrected chi connectivity index (χ3v) is 4.23. The summed E-state index contributed by atoms with van der Waals surface area (Å²) < 4.78 is 5.01. The van der Waals surface area contributed by atoms with Crippen LogP contribution in [0.1, 0.15) is 12.5 Å². The van der Waals surface area contributed by atoms with Crippen molar-refractivity contribution < 1.29 is 14.5 Å². The second-order valence-corrected chi connectivity index (χ2v) is 5.98. The number of nitriles is 1. The van der Waals surface area contributed by atoms with E-state index in [1.54, 1.807) is 31.0 Å². The van der Waals surface area contributed by atoms with Gasteiger partial charge < -0.3 is 9.64 Å². The van der Waals surface area contributed by atoms with Gasteiger partial charge in [-0.1, -0.05) is 12.1 Å². The summed E-state index contributed by atoms with van der Waals surface area (Å²) in [5, 5.41) is 26.3. The highest BCUT2D eigenvalue weighted by Gasteiger charge is 2.34. The minimum Gasteiger partial charge on any atom is -0.462 e. The molecule has 0 bridgehead atoms. The van der Waals surface area contributed by atoms with Crippen LogP contribution in [0.4, 0.5) is 17.1 Å². The molecule has 0 radical (unpaired) electrons. The van der Waals surface area contributed by atoms with E-state index in [1.807, 2.05) is 30.3 Å². The number of rotatable bonds is 5. The van der Waals surface area contributed by atoms with Crippen LogP contribution in [0.15, 0.2) is 65.0 Å². The number of hydrogen-bond acceptors (Lipinski definition) is 8. The van der Waals surface area contributed by atoms with Gasteiger partial charge in [0.25, 0.3) is 5.69 Å². The van der Waals surface area contributed by atoms with Gasteiger partial charge in [0.1, 0.15) is 6.07 Å². The third kappa shape index (κ3) is 3.77. The molecule has 0 amide bonds. The van der Waals surface area contributed by atoms with Gasteiger partial charge in [0.05, 0.1) is 29.1 Å². The van der Waals surface area contributed by atoms with Crippen LogP contribution in [0.5, 0.6) is 0 Å². The van der Waals surface area contributed by atoms with Gasteiger partial charge in [-0.3, -0.25) is 10.1 Å². The number of fused-ring (bicyclic) bond motifs is 1. The molecule has 0 aliphatic carbocycles. The zero-order valence-electron chi connectivity index (χ0n) is 15.8. The first kappa shape index (κ1) is 19.6. The van der Waals surface area contributed by atoms with Crippen molar-refractivity contribution in [3.05, 3.63) is 75.6 Å². The first-order valence-electron chi connectivity index (χ1n) is 8.70. The lowest BCUT2D eigenvalue weighted by Crippen LogP contribution is -2.26. The minimum atomic E-state index is -0.736. The van der Waals surface area contributed by atoms with Crippen LogP contribution in [0.3, 0.4) is 0 Å². The van der Waals surface area contributed by atoms with Crippen LogP contribution in [0.2, 0.25) is 0 Å². The number of hydrazone groups is 1. The zero-order valence-corrected chi connectivity index (χ0v) is 15.8. The molecule has 0 aromatic heterocycles. The van der Waals surface area contributed by atoms with Crippen molar-refractivity contribution in [2.75, 3.05) is 23.6 Å². The number of non-ortho nitro benzene ring substituents is 1. The number of carbonyl (C=O) groups excluding carboxylic acids is 1. The van der Waals surface area contributed by atoms with Gasteiger partial charge in [-0.2, -0.15) is 10.4 Å². The second-order valence-electron chi connectivity index (χ2n) is 5.98. The lowest BCUT2D eigenvalue weighted by molar-refractivity contribution is -0.384. The molecule has 0 saturated carbocycles. The van der Waals surface area contributed by atoms with E-state index in [2.05, 4.69) is 5.10 Å². The largest absolute Gasteiger partial charge is 0.462 e. The maximum atomic E-state index is 12.3. The number of anilines is 2. The van der Waals surface area contributed by atoms with Gasteiger partial charge in [-0.05, 0) is 36.8 Å². The van der Waals surface area contributed by atoms with Crippen molar-refractivity contribution in [1.82, 2.24) is 0 Å². The molecule has 3 rings (SSSR count). The summed E-state index contributed by atoms with van der Waals surface area (Å²) in [4.78, 5) is 24.3. The number of para-hydroxylation sites is 2.